The van der Waals surface area contributed by atoms with Crippen LogP contribution in [0.25, 0.3) is 0 Å². The first-order chi connectivity index (χ1) is 7.52. The Bertz CT molecular complexity index is 274. The van der Waals surface area contributed by atoms with Gasteiger partial charge in [0.25, 0.3) is 0 Å². The summed E-state index contributed by atoms with van der Waals surface area (Å²) in [5.74, 6) is 0.432. The molecular weight excluding hydrogens is 226 g/mol. The third-order valence-corrected chi connectivity index (χ3v) is 4.19. The average molecular weight is 246 g/mol. The molecule has 92 valence electrons. The predicted octanol–water partition coefficient (Wildman–Crippen LogP) is 0.989. The highest BCUT2D eigenvalue weighted by Crippen LogP contribution is 2.23. The summed E-state index contributed by atoms with van der Waals surface area (Å²) in [6, 6.07) is 0. The molecule has 0 aromatic carbocycles. The summed E-state index contributed by atoms with van der Waals surface area (Å²) in [6.45, 7) is 4.73. The third kappa shape index (κ3) is 3.06. The Morgan fingerprint density at radius 1 is 1.38 bits per heavy atom. The second-order valence-electron chi connectivity index (χ2n) is 4.48. The van der Waals surface area contributed by atoms with E-state index < -0.39 is 0 Å². The molecule has 0 aliphatic carbocycles. The molecule has 1 rings (SSSR count). The van der Waals surface area contributed by atoms with Crippen LogP contribution in [0, 0.1) is 5.92 Å². The lowest BCUT2D eigenvalue weighted by molar-refractivity contribution is -0.863. The van der Waals surface area contributed by atoms with E-state index in [1.54, 1.807) is 0 Å². The van der Waals surface area contributed by atoms with E-state index in [0.29, 0.717) is 5.75 Å². The summed E-state index contributed by atoms with van der Waals surface area (Å²) in [6.07, 6.45) is 2.00. The lowest BCUT2D eigenvalue weighted by atomic mass is 10.1. The number of likely N-dealkylation sites (tertiary alicyclic amines) is 1. The molecule has 5 heteroatoms. The van der Waals surface area contributed by atoms with Crippen LogP contribution in [-0.4, -0.2) is 46.2 Å². The topological polar surface area (TPSA) is 54.4 Å². The first-order valence-electron chi connectivity index (χ1n) is 5.66. The number of nitrogens with zero attached hydrogens (tertiary/aromatic N) is 1. The van der Waals surface area contributed by atoms with E-state index in [-0.39, 0.29) is 28.2 Å². The first kappa shape index (κ1) is 13.7. The van der Waals surface area contributed by atoms with Gasteiger partial charge < -0.3 is 5.11 Å². The average Bonchev–Trinajstić information content (AvgIpc) is 2.74. The van der Waals surface area contributed by atoms with Crippen molar-refractivity contribution in [2.24, 2.45) is 5.92 Å². The molecule has 1 fully saturated rings. The van der Waals surface area contributed by atoms with Crippen molar-refractivity contribution in [3.8, 4) is 0 Å². The molecule has 0 aromatic heterocycles. The zero-order valence-electron chi connectivity index (χ0n) is 9.94. The zero-order valence-corrected chi connectivity index (χ0v) is 10.8. The maximum Gasteiger partial charge on any atom is 0.319 e. The Morgan fingerprint density at radius 2 is 1.94 bits per heavy atom. The minimum absolute atomic E-state index is 0.0385. The molecule has 1 saturated heterocycles. The smallest absolute Gasteiger partial charge is 0.319 e. The van der Waals surface area contributed by atoms with Crippen LogP contribution in [0.5, 0.6) is 0 Å². The van der Waals surface area contributed by atoms with Crippen LogP contribution in [0.15, 0.2) is 0 Å². The number of aliphatic hydroxyl groups excluding tert-OH is 1. The number of carbonyl (C=O) groups is 2. The molecule has 1 aliphatic heterocycles. The van der Waals surface area contributed by atoms with Gasteiger partial charge in [-0.2, -0.15) is 0 Å². The fourth-order valence-corrected chi connectivity index (χ4v) is 2.78. The Kier molecular flexibility index (Phi) is 4.95. The Balaban J connectivity index is 2.57. The maximum atomic E-state index is 12.2. The molecule has 1 heterocycles. The van der Waals surface area contributed by atoms with Crippen molar-refractivity contribution >= 4 is 22.8 Å². The van der Waals surface area contributed by atoms with Crippen molar-refractivity contribution in [1.29, 1.82) is 0 Å². The van der Waals surface area contributed by atoms with Gasteiger partial charge >= 0.3 is 5.91 Å². The minimum atomic E-state index is -0.167. The highest BCUT2D eigenvalue weighted by Gasteiger charge is 2.41. The zero-order chi connectivity index (χ0) is 12.2. The number of aliphatic hydroxyl groups is 1. The molecule has 0 saturated carbocycles. The number of carbonyl (C=O) groups excluding carboxylic acids is 2. The van der Waals surface area contributed by atoms with Crippen molar-refractivity contribution in [3.63, 3.8) is 0 Å². The largest absolute Gasteiger partial charge is 0.347 e. The van der Waals surface area contributed by atoms with Gasteiger partial charge in [0.15, 0.2) is 11.8 Å². The van der Waals surface area contributed by atoms with E-state index in [2.05, 4.69) is 0 Å². The van der Waals surface area contributed by atoms with Crippen LogP contribution in [0.3, 0.4) is 0 Å². The number of quaternary nitrogens is 1. The molecule has 1 unspecified atom stereocenters. The number of rotatable bonds is 4. The van der Waals surface area contributed by atoms with Gasteiger partial charge in [0.05, 0.1) is 19.0 Å². The first-order valence-corrected chi connectivity index (χ1v) is 6.65. The summed E-state index contributed by atoms with van der Waals surface area (Å²) >= 11 is 1.18. The van der Waals surface area contributed by atoms with Gasteiger partial charge in [-0.15, -0.1) is 0 Å². The van der Waals surface area contributed by atoms with E-state index >= 15 is 0 Å². The van der Waals surface area contributed by atoms with Crippen molar-refractivity contribution in [2.75, 3.05) is 25.6 Å². The number of thioether (sulfide) groups is 1. The summed E-state index contributed by atoms with van der Waals surface area (Å²) in [4.78, 5) is 23.0. The summed E-state index contributed by atoms with van der Waals surface area (Å²) in [5, 5.41) is 9.43. The van der Waals surface area contributed by atoms with Gasteiger partial charge in [0.2, 0.25) is 0 Å². The van der Waals surface area contributed by atoms with Gasteiger partial charge in [0, 0.05) is 25.5 Å². The highest BCUT2D eigenvalue weighted by atomic mass is 32.2. The monoisotopic (exact) mass is 246 g/mol. The standard InChI is InChI=1S/C11H20NO3S/c1-9(7-16-10(2)14)11(15)12(8-13)5-3-4-6-12/h9,13H,3-8H2,1-2H3/q+1. The molecule has 1 aliphatic rings. The third-order valence-electron chi connectivity index (χ3n) is 3.12. The van der Waals surface area contributed by atoms with Crippen molar-refractivity contribution < 1.29 is 19.2 Å². The van der Waals surface area contributed by atoms with Crippen LogP contribution in [0.1, 0.15) is 26.7 Å². The van der Waals surface area contributed by atoms with Crippen molar-refractivity contribution in [1.82, 2.24) is 0 Å². The van der Waals surface area contributed by atoms with Crippen LogP contribution in [0.4, 0.5) is 0 Å². The molecule has 4 nitrogen and oxygen atoms in total. The molecule has 0 aromatic rings. The van der Waals surface area contributed by atoms with Crippen molar-refractivity contribution in [2.45, 2.75) is 26.7 Å². The predicted molar refractivity (Wildman–Crippen MR) is 63.6 cm³/mol. The van der Waals surface area contributed by atoms with E-state index in [0.717, 1.165) is 25.9 Å². The molecule has 1 N–H and O–H groups in total. The van der Waals surface area contributed by atoms with Gasteiger partial charge in [-0.05, 0) is 6.92 Å². The molecule has 0 spiro atoms. The van der Waals surface area contributed by atoms with E-state index in [4.69, 9.17) is 0 Å². The number of amides is 1. The second kappa shape index (κ2) is 5.80. The normalized spacial score (nSPS) is 20.7. The van der Waals surface area contributed by atoms with E-state index in [1.807, 2.05) is 6.92 Å². The van der Waals surface area contributed by atoms with Crippen LogP contribution < -0.4 is 0 Å². The molecule has 0 bridgehead atoms. The van der Waals surface area contributed by atoms with Gasteiger partial charge in [-0.3, -0.25) is 4.79 Å². The van der Waals surface area contributed by atoms with Gasteiger partial charge in [0.1, 0.15) is 0 Å². The SMILES string of the molecule is CC(=O)SCC(C)C(=O)[N+]1(CO)CCCC1. The van der Waals surface area contributed by atoms with Gasteiger partial charge in [-0.25, -0.2) is 9.28 Å². The van der Waals surface area contributed by atoms with E-state index in [1.165, 1.54) is 18.7 Å². The lowest BCUT2D eigenvalue weighted by Gasteiger charge is -2.30. The number of hydrogen-bond donors (Lipinski definition) is 1. The molecule has 16 heavy (non-hydrogen) atoms. The molecule has 0 radical (unpaired) electrons. The van der Waals surface area contributed by atoms with E-state index in [9.17, 15) is 14.7 Å². The minimum Gasteiger partial charge on any atom is -0.347 e. The Hall–Kier alpha value is -0.390. The maximum absolute atomic E-state index is 12.2. The fourth-order valence-electron chi connectivity index (χ4n) is 2.15. The quantitative estimate of drug-likeness (QED) is 0.752. The fraction of sp³-hybridized carbons (Fsp3) is 0.818. The Labute approximate surface area is 101 Å². The second-order valence-corrected chi connectivity index (χ2v) is 5.68. The lowest BCUT2D eigenvalue weighted by Crippen LogP contribution is -2.53. The van der Waals surface area contributed by atoms with Crippen LogP contribution in [-0.2, 0) is 9.59 Å². The number of hydrogen-bond acceptors (Lipinski definition) is 4. The molecule has 1 amide bonds. The van der Waals surface area contributed by atoms with Crippen LogP contribution >= 0.6 is 11.8 Å². The Morgan fingerprint density at radius 3 is 2.38 bits per heavy atom. The molecule has 1 atom stereocenters. The highest BCUT2D eigenvalue weighted by molar-refractivity contribution is 8.13. The van der Waals surface area contributed by atoms with Crippen LogP contribution in [0.2, 0.25) is 0 Å². The molecular formula is C11H20NO3S+. The summed E-state index contributed by atoms with van der Waals surface area (Å²) in [7, 11) is 0. The van der Waals surface area contributed by atoms with Crippen molar-refractivity contribution in [3.05, 3.63) is 0 Å². The summed E-state index contributed by atoms with van der Waals surface area (Å²) < 4.78 is 0.194. The van der Waals surface area contributed by atoms with Gasteiger partial charge in [-0.1, -0.05) is 11.8 Å². The summed E-state index contributed by atoms with van der Waals surface area (Å²) in [5.41, 5.74) is 0.